The molecule has 0 saturated carbocycles. The summed E-state index contributed by atoms with van der Waals surface area (Å²) >= 11 is 0. The Bertz CT molecular complexity index is 653. The molecule has 2 aromatic rings. The van der Waals surface area contributed by atoms with E-state index in [1.54, 1.807) is 0 Å². The molecule has 1 aromatic carbocycles. The number of likely N-dealkylation sites (tertiary alicyclic amines) is 1. The third-order valence-corrected chi connectivity index (χ3v) is 4.48. The number of aromatic nitrogens is 1. The number of carbonyl (C=O) groups excluding carboxylic acids is 1. The van der Waals surface area contributed by atoms with Gasteiger partial charge in [-0.25, -0.2) is 0 Å². The summed E-state index contributed by atoms with van der Waals surface area (Å²) in [5, 5.41) is 4.16. The number of nitrogens with zero attached hydrogens (tertiary/aromatic N) is 1. The molecule has 112 valence electrons. The number of hydrogen-bond donors (Lipinski definition) is 2. The lowest BCUT2D eigenvalue weighted by molar-refractivity contribution is 0.0950. The lowest BCUT2D eigenvalue weighted by atomic mass is 10.1. The molecule has 1 aliphatic rings. The standard InChI is InChI=1S/C17H23N3O/c1-12-13(2)19-16-6-5-14(11-15(12)16)17(21)18-7-10-20-8-3-4-9-20/h5-6,11,19H,3-4,7-10H2,1-2H3,(H,18,21). The van der Waals surface area contributed by atoms with Gasteiger partial charge in [0.15, 0.2) is 0 Å². The second-order valence-electron chi connectivity index (χ2n) is 5.94. The second kappa shape index (κ2) is 5.90. The van der Waals surface area contributed by atoms with E-state index in [9.17, 15) is 4.79 Å². The predicted molar refractivity (Wildman–Crippen MR) is 85.8 cm³/mol. The summed E-state index contributed by atoms with van der Waals surface area (Å²) in [7, 11) is 0. The fourth-order valence-electron chi connectivity index (χ4n) is 3.04. The molecule has 3 rings (SSSR count). The summed E-state index contributed by atoms with van der Waals surface area (Å²) < 4.78 is 0. The molecule has 4 heteroatoms. The number of rotatable bonds is 4. The second-order valence-corrected chi connectivity index (χ2v) is 5.94. The van der Waals surface area contributed by atoms with Crippen molar-refractivity contribution in [1.82, 2.24) is 15.2 Å². The number of aryl methyl sites for hydroxylation is 2. The quantitative estimate of drug-likeness (QED) is 0.907. The van der Waals surface area contributed by atoms with Crippen LogP contribution in [0.5, 0.6) is 0 Å². The van der Waals surface area contributed by atoms with Crippen molar-refractivity contribution >= 4 is 16.8 Å². The van der Waals surface area contributed by atoms with E-state index in [4.69, 9.17) is 0 Å². The summed E-state index contributed by atoms with van der Waals surface area (Å²) in [5.41, 5.74) is 4.22. The summed E-state index contributed by atoms with van der Waals surface area (Å²) in [6.45, 7) is 8.17. The average Bonchev–Trinajstić information content (AvgIpc) is 3.08. The number of H-pyrrole nitrogens is 1. The van der Waals surface area contributed by atoms with E-state index < -0.39 is 0 Å². The highest BCUT2D eigenvalue weighted by atomic mass is 16.1. The van der Waals surface area contributed by atoms with Crippen molar-refractivity contribution in [3.05, 3.63) is 35.0 Å². The number of nitrogens with one attached hydrogen (secondary N) is 2. The summed E-state index contributed by atoms with van der Waals surface area (Å²) in [5.74, 6) is 0.0225. The molecule has 1 amide bonds. The van der Waals surface area contributed by atoms with Crippen LogP contribution in [0.1, 0.15) is 34.5 Å². The maximum absolute atomic E-state index is 12.2. The Hall–Kier alpha value is -1.81. The molecule has 0 radical (unpaired) electrons. The Morgan fingerprint density at radius 3 is 2.81 bits per heavy atom. The first kappa shape index (κ1) is 14.1. The van der Waals surface area contributed by atoms with E-state index in [1.807, 2.05) is 18.2 Å². The molecule has 0 aliphatic carbocycles. The van der Waals surface area contributed by atoms with Crippen LogP contribution in [-0.2, 0) is 0 Å². The number of amides is 1. The SMILES string of the molecule is Cc1[nH]c2ccc(C(=O)NCCN3CCCC3)cc2c1C. The minimum Gasteiger partial charge on any atom is -0.358 e. The molecule has 21 heavy (non-hydrogen) atoms. The lowest BCUT2D eigenvalue weighted by Crippen LogP contribution is -2.33. The van der Waals surface area contributed by atoms with Gasteiger partial charge in [0.25, 0.3) is 5.91 Å². The Labute approximate surface area is 125 Å². The van der Waals surface area contributed by atoms with E-state index in [0.717, 1.165) is 35.2 Å². The van der Waals surface area contributed by atoms with Crippen molar-refractivity contribution in [3.8, 4) is 0 Å². The molecule has 2 heterocycles. The molecule has 0 unspecified atom stereocenters. The molecule has 0 spiro atoms. The summed E-state index contributed by atoms with van der Waals surface area (Å²) in [6, 6.07) is 5.87. The van der Waals surface area contributed by atoms with E-state index in [1.165, 1.54) is 31.5 Å². The van der Waals surface area contributed by atoms with Gasteiger partial charge in [-0.15, -0.1) is 0 Å². The minimum absolute atomic E-state index is 0.0225. The lowest BCUT2D eigenvalue weighted by Gasteiger charge is -2.14. The molecule has 1 aromatic heterocycles. The van der Waals surface area contributed by atoms with Crippen molar-refractivity contribution in [1.29, 1.82) is 0 Å². The number of hydrogen-bond acceptors (Lipinski definition) is 2. The molecular formula is C17H23N3O. The monoisotopic (exact) mass is 285 g/mol. The third-order valence-electron chi connectivity index (χ3n) is 4.48. The number of carbonyl (C=O) groups is 1. The molecule has 1 aliphatic heterocycles. The van der Waals surface area contributed by atoms with Crippen LogP contribution < -0.4 is 5.32 Å². The van der Waals surface area contributed by atoms with E-state index in [2.05, 4.69) is 29.0 Å². The first-order valence-corrected chi connectivity index (χ1v) is 7.74. The van der Waals surface area contributed by atoms with Gasteiger partial charge in [0.1, 0.15) is 0 Å². The minimum atomic E-state index is 0.0225. The van der Waals surface area contributed by atoms with Crippen LogP contribution in [-0.4, -0.2) is 42.0 Å². The Morgan fingerprint density at radius 2 is 2.05 bits per heavy atom. The first-order chi connectivity index (χ1) is 10.1. The fourth-order valence-corrected chi connectivity index (χ4v) is 3.04. The fraction of sp³-hybridized carbons (Fsp3) is 0.471. The van der Waals surface area contributed by atoms with Crippen molar-refractivity contribution < 1.29 is 4.79 Å². The van der Waals surface area contributed by atoms with Crippen LogP contribution in [0, 0.1) is 13.8 Å². The van der Waals surface area contributed by atoms with Crippen molar-refractivity contribution in [2.75, 3.05) is 26.2 Å². The predicted octanol–water partition coefficient (Wildman–Crippen LogP) is 2.61. The Kier molecular flexibility index (Phi) is 3.97. The highest BCUT2D eigenvalue weighted by molar-refractivity contribution is 5.99. The van der Waals surface area contributed by atoms with Crippen LogP contribution in [0.2, 0.25) is 0 Å². The Morgan fingerprint density at radius 1 is 1.29 bits per heavy atom. The maximum atomic E-state index is 12.2. The van der Waals surface area contributed by atoms with Crippen LogP contribution in [0.3, 0.4) is 0 Å². The zero-order valence-corrected chi connectivity index (χ0v) is 12.8. The van der Waals surface area contributed by atoms with Crippen molar-refractivity contribution in [2.24, 2.45) is 0 Å². The van der Waals surface area contributed by atoms with E-state index >= 15 is 0 Å². The smallest absolute Gasteiger partial charge is 0.251 e. The van der Waals surface area contributed by atoms with Gasteiger partial charge in [-0.1, -0.05) is 0 Å². The molecule has 4 nitrogen and oxygen atoms in total. The summed E-state index contributed by atoms with van der Waals surface area (Å²) in [6.07, 6.45) is 2.58. The number of benzene rings is 1. The molecule has 0 bridgehead atoms. The van der Waals surface area contributed by atoms with Gasteiger partial charge in [-0.05, 0) is 63.5 Å². The largest absolute Gasteiger partial charge is 0.358 e. The van der Waals surface area contributed by atoms with Gasteiger partial charge in [0.05, 0.1) is 0 Å². The molecule has 2 N–H and O–H groups in total. The van der Waals surface area contributed by atoms with Gasteiger partial charge in [-0.3, -0.25) is 4.79 Å². The zero-order valence-electron chi connectivity index (χ0n) is 12.8. The molecule has 1 saturated heterocycles. The molecular weight excluding hydrogens is 262 g/mol. The average molecular weight is 285 g/mol. The molecule has 1 fully saturated rings. The maximum Gasteiger partial charge on any atom is 0.251 e. The summed E-state index contributed by atoms with van der Waals surface area (Å²) in [4.78, 5) is 18.0. The van der Waals surface area contributed by atoms with Gasteiger partial charge >= 0.3 is 0 Å². The van der Waals surface area contributed by atoms with Crippen LogP contribution in [0.25, 0.3) is 10.9 Å². The van der Waals surface area contributed by atoms with Crippen molar-refractivity contribution in [2.45, 2.75) is 26.7 Å². The van der Waals surface area contributed by atoms with Gasteiger partial charge in [0, 0.05) is 35.2 Å². The normalized spacial score (nSPS) is 15.7. The van der Waals surface area contributed by atoms with E-state index in [0.29, 0.717) is 0 Å². The van der Waals surface area contributed by atoms with Crippen LogP contribution >= 0.6 is 0 Å². The van der Waals surface area contributed by atoms with Crippen LogP contribution in [0.15, 0.2) is 18.2 Å². The topological polar surface area (TPSA) is 48.1 Å². The van der Waals surface area contributed by atoms with Crippen LogP contribution in [0.4, 0.5) is 0 Å². The zero-order chi connectivity index (χ0) is 14.8. The third kappa shape index (κ3) is 2.95. The highest BCUT2D eigenvalue weighted by Crippen LogP contribution is 2.22. The van der Waals surface area contributed by atoms with Crippen molar-refractivity contribution in [3.63, 3.8) is 0 Å². The highest BCUT2D eigenvalue weighted by Gasteiger charge is 2.12. The van der Waals surface area contributed by atoms with E-state index in [-0.39, 0.29) is 5.91 Å². The van der Waals surface area contributed by atoms with Gasteiger partial charge in [0.2, 0.25) is 0 Å². The first-order valence-electron chi connectivity index (χ1n) is 7.74. The molecule has 0 atom stereocenters. The number of aromatic amines is 1. The van der Waals surface area contributed by atoms with Gasteiger partial charge in [-0.2, -0.15) is 0 Å². The number of fused-ring (bicyclic) bond motifs is 1. The van der Waals surface area contributed by atoms with Gasteiger partial charge < -0.3 is 15.2 Å². The Balaban J connectivity index is 1.65.